The molecule has 2 amide bonds. The normalized spacial score (nSPS) is 18.3. The quantitative estimate of drug-likeness (QED) is 0.915. The Labute approximate surface area is 127 Å². The smallest absolute Gasteiger partial charge is 0.233 e. The molecule has 0 unspecified atom stereocenters. The van der Waals surface area contributed by atoms with Crippen LogP contribution < -0.4 is 10.6 Å². The van der Waals surface area contributed by atoms with Crippen molar-refractivity contribution in [2.75, 3.05) is 17.6 Å². The summed E-state index contributed by atoms with van der Waals surface area (Å²) < 4.78 is 0. The molecule has 21 heavy (non-hydrogen) atoms. The molecule has 0 spiro atoms. The van der Waals surface area contributed by atoms with Crippen molar-refractivity contribution in [2.45, 2.75) is 11.7 Å². The summed E-state index contributed by atoms with van der Waals surface area (Å²) in [5, 5.41) is 7.52. The van der Waals surface area contributed by atoms with Gasteiger partial charge < -0.3 is 10.6 Å². The highest BCUT2D eigenvalue weighted by molar-refractivity contribution is 8.00. The lowest BCUT2D eigenvalue weighted by atomic mass is 10.1. The largest absolute Gasteiger partial charge is 0.354 e. The van der Waals surface area contributed by atoms with Gasteiger partial charge in [-0.25, -0.2) is 0 Å². The Kier molecular flexibility index (Phi) is 4.10. The summed E-state index contributed by atoms with van der Waals surface area (Å²) in [6.45, 7) is 0.685. The Hall–Kier alpha value is -2.01. The van der Waals surface area contributed by atoms with E-state index in [4.69, 9.17) is 0 Å². The van der Waals surface area contributed by atoms with Crippen LogP contribution in [0.15, 0.2) is 42.5 Å². The van der Waals surface area contributed by atoms with Gasteiger partial charge in [-0.3, -0.25) is 9.59 Å². The highest BCUT2D eigenvalue weighted by Crippen LogP contribution is 2.24. The van der Waals surface area contributed by atoms with Gasteiger partial charge >= 0.3 is 0 Å². The minimum atomic E-state index is -0.284. The molecule has 1 fully saturated rings. The standard InChI is InChI=1S/C16H16N2O2S/c19-15(10-14-16(20)17-8-9-21-14)18-13-7-3-5-11-4-1-2-6-12(11)13/h1-7,14H,8-10H2,(H,17,20)(H,18,19)/t14-/m1/s1. The Morgan fingerprint density at radius 2 is 2.05 bits per heavy atom. The molecule has 3 rings (SSSR count). The van der Waals surface area contributed by atoms with Crippen molar-refractivity contribution in [2.24, 2.45) is 0 Å². The lowest BCUT2D eigenvalue weighted by Crippen LogP contribution is -2.40. The molecule has 2 N–H and O–H groups in total. The van der Waals surface area contributed by atoms with E-state index < -0.39 is 0 Å². The molecule has 4 nitrogen and oxygen atoms in total. The first-order chi connectivity index (χ1) is 10.2. The average molecular weight is 300 g/mol. The van der Waals surface area contributed by atoms with Crippen LogP contribution in [0.5, 0.6) is 0 Å². The monoisotopic (exact) mass is 300 g/mol. The van der Waals surface area contributed by atoms with E-state index in [2.05, 4.69) is 10.6 Å². The van der Waals surface area contributed by atoms with Crippen molar-refractivity contribution < 1.29 is 9.59 Å². The van der Waals surface area contributed by atoms with Gasteiger partial charge in [0.2, 0.25) is 11.8 Å². The minimum absolute atomic E-state index is 0.0423. The molecule has 1 aliphatic rings. The number of hydrogen-bond donors (Lipinski definition) is 2. The van der Waals surface area contributed by atoms with Gasteiger partial charge in [0.25, 0.3) is 0 Å². The number of anilines is 1. The molecule has 1 aliphatic heterocycles. The van der Waals surface area contributed by atoms with E-state index in [9.17, 15) is 9.59 Å². The molecular weight excluding hydrogens is 284 g/mol. The highest BCUT2D eigenvalue weighted by Gasteiger charge is 2.25. The Morgan fingerprint density at radius 1 is 1.24 bits per heavy atom. The van der Waals surface area contributed by atoms with E-state index in [1.165, 1.54) is 0 Å². The van der Waals surface area contributed by atoms with Crippen LogP contribution >= 0.6 is 11.8 Å². The van der Waals surface area contributed by atoms with Gasteiger partial charge in [0.05, 0.1) is 5.25 Å². The van der Waals surface area contributed by atoms with Crippen molar-refractivity contribution in [3.63, 3.8) is 0 Å². The summed E-state index contributed by atoms with van der Waals surface area (Å²) in [4.78, 5) is 23.8. The Morgan fingerprint density at radius 3 is 2.90 bits per heavy atom. The fourth-order valence-corrected chi connectivity index (χ4v) is 3.43. The molecule has 0 bridgehead atoms. The van der Waals surface area contributed by atoms with Crippen LogP contribution in [0.3, 0.4) is 0 Å². The van der Waals surface area contributed by atoms with E-state index in [1.54, 1.807) is 11.8 Å². The zero-order chi connectivity index (χ0) is 14.7. The van der Waals surface area contributed by atoms with Gasteiger partial charge in [-0.05, 0) is 11.5 Å². The highest BCUT2D eigenvalue weighted by atomic mass is 32.2. The van der Waals surface area contributed by atoms with Crippen molar-refractivity contribution in [1.29, 1.82) is 0 Å². The fourth-order valence-electron chi connectivity index (χ4n) is 2.42. The SMILES string of the molecule is O=C(C[C@H]1SCCNC1=O)Nc1cccc2ccccc12. The topological polar surface area (TPSA) is 58.2 Å². The van der Waals surface area contributed by atoms with E-state index in [1.807, 2.05) is 42.5 Å². The van der Waals surface area contributed by atoms with Crippen LogP contribution in [0.2, 0.25) is 0 Å². The van der Waals surface area contributed by atoms with Gasteiger partial charge in [-0.2, -0.15) is 0 Å². The number of benzene rings is 2. The Balaban J connectivity index is 1.73. The van der Waals surface area contributed by atoms with Gasteiger partial charge in [0.1, 0.15) is 0 Å². The van der Waals surface area contributed by atoms with Crippen molar-refractivity contribution in [3.05, 3.63) is 42.5 Å². The molecule has 2 aromatic rings. The number of thioether (sulfide) groups is 1. The van der Waals surface area contributed by atoms with Crippen LogP contribution in [0.25, 0.3) is 10.8 Å². The van der Waals surface area contributed by atoms with Gasteiger partial charge in [0.15, 0.2) is 0 Å². The van der Waals surface area contributed by atoms with Crippen molar-refractivity contribution >= 4 is 40.0 Å². The minimum Gasteiger partial charge on any atom is -0.354 e. The van der Waals surface area contributed by atoms with E-state index in [-0.39, 0.29) is 23.5 Å². The first-order valence-electron chi connectivity index (χ1n) is 6.91. The number of carbonyl (C=O) groups excluding carboxylic acids is 2. The number of nitrogens with one attached hydrogen (secondary N) is 2. The summed E-state index contributed by atoms with van der Waals surface area (Å²) in [7, 11) is 0. The second-order valence-corrected chi connectivity index (χ2v) is 6.24. The third-order valence-corrected chi connectivity index (χ3v) is 4.67. The molecule has 1 saturated heterocycles. The molecule has 0 saturated carbocycles. The van der Waals surface area contributed by atoms with Crippen LogP contribution in [0.1, 0.15) is 6.42 Å². The number of amides is 2. The predicted molar refractivity (Wildman–Crippen MR) is 86.5 cm³/mol. The lowest BCUT2D eigenvalue weighted by molar-refractivity contribution is -0.123. The van der Waals surface area contributed by atoms with Crippen molar-refractivity contribution in [1.82, 2.24) is 5.32 Å². The van der Waals surface area contributed by atoms with E-state index >= 15 is 0 Å². The van der Waals surface area contributed by atoms with Gasteiger partial charge in [-0.1, -0.05) is 36.4 Å². The number of rotatable bonds is 3. The van der Waals surface area contributed by atoms with Gasteiger partial charge in [0, 0.05) is 29.8 Å². The first kappa shape index (κ1) is 13.9. The average Bonchev–Trinajstić information content (AvgIpc) is 2.50. The first-order valence-corrected chi connectivity index (χ1v) is 7.96. The molecular formula is C16H16N2O2S. The second kappa shape index (κ2) is 6.18. The van der Waals surface area contributed by atoms with Crippen LogP contribution in [0.4, 0.5) is 5.69 Å². The summed E-state index contributed by atoms with van der Waals surface area (Å²) in [6.07, 6.45) is 0.208. The summed E-state index contributed by atoms with van der Waals surface area (Å²) in [5.74, 6) is 0.693. The molecule has 1 atom stereocenters. The van der Waals surface area contributed by atoms with Crippen LogP contribution in [0, 0.1) is 0 Å². The van der Waals surface area contributed by atoms with E-state index in [0.717, 1.165) is 22.2 Å². The summed E-state index contributed by atoms with van der Waals surface area (Å²) in [5.41, 5.74) is 0.791. The maximum atomic E-state index is 12.2. The zero-order valence-corrected chi connectivity index (χ0v) is 12.3. The molecule has 0 aromatic heterocycles. The van der Waals surface area contributed by atoms with Crippen LogP contribution in [-0.4, -0.2) is 29.4 Å². The maximum absolute atomic E-state index is 12.2. The number of fused-ring (bicyclic) bond motifs is 1. The zero-order valence-electron chi connectivity index (χ0n) is 11.5. The van der Waals surface area contributed by atoms with Crippen LogP contribution in [-0.2, 0) is 9.59 Å². The third-order valence-electron chi connectivity index (χ3n) is 3.45. The Bertz CT molecular complexity index is 682. The lowest BCUT2D eigenvalue weighted by Gasteiger charge is -2.21. The van der Waals surface area contributed by atoms with E-state index in [0.29, 0.717) is 6.54 Å². The molecule has 108 valence electrons. The number of hydrogen-bond acceptors (Lipinski definition) is 3. The molecule has 0 radical (unpaired) electrons. The predicted octanol–water partition coefficient (Wildman–Crippen LogP) is 2.40. The summed E-state index contributed by atoms with van der Waals surface area (Å²) in [6, 6.07) is 13.7. The van der Waals surface area contributed by atoms with Gasteiger partial charge in [-0.15, -0.1) is 11.8 Å². The molecule has 1 heterocycles. The number of carbonyl (C=O) groups is 2. The molecule has 2 aromatic carbocycles. The summed E-state index contributed by atoms with van der Waals surface area (Å²) >= 11 is 1.54. The molecule has 5 heteroatoms. The van der Waals surface area contributed by atoms with Crippen molar-refractivity contribution in [3.8, 4) is 0 Å². The third kappa shape index (κ3) is 3.19. The maximum Gasteiger partial charge on any atom is 0.233 e. The molecule has 0 aliphatic carbocycles. The second-order valence-electron chi connectivity index (χ2n) is 4.93. The fraction of sp³-hybridized carbons (Fsp3) is 0.250.